The van der Waals surface area contributed by atoms with Gasteiger partial charge in [0.15, 0.2) is 4.34 Å². The van der Waals surface area contributed by atoms with Crippen molar-refractivity contribution in [3.63, 3.8) is 0 Å². The fourth-order valence-electron chi connectivity index (χ4n) is 2.35. The van der Waals surface area contributed by atoms with Gasteiger partial charge in [-0.2, -0.15) is 0 Å². The van der Waals surface area contributed by atoms with E-state index in [1.807, 2.05) is 57.2 Å². The van der Waals surface area contributed by atoms with Gasteiger partial charge in [0.05, 0.1) is 5.75 Å². The van der Waals surface area contributed by atoms with Gasteiger partial charge in [-0.3, -0.25) is 4.79 Å². The lowest BCUT2D eigenvalue weighted by atomic mass is 10.1. The normalized spacial score (nSPS) is 10.6. The van der Waals surface area contributed by atoms with Crippen molar-refractivity contribution in [3.8, 4) is 0 Å². The highest BCUT2D eigenvalue weighted by molar-refractivity contribution is 8.01. The molecule has 3 rings (SSSR count). The number of amides is 1. The third kappa shape index (κ3) is 5.06. The van der Waals surface area contributed by atoms with Gasteiger partial charge in [0.2, 0.25) is 11.0 Å². The smallest absolute Gasteiger partial charge is 0.234 e. The molecule has 3 aromatic rings. The van der Waals surface area contributed by atoms with Gasteiger partial charge in [0, 0.05) is 11.4 Å². The predicted octanol–water partition coefficient (Wildman–Crippen LogP) is 4.94. The summed E-state index contributed by atoms with van der Waals surface area (Å²) in [6.45, 7) is 6.07. The number of anilines is 3. The van der Waals surface area contributed by atoms with Crippen LogP contribution in [0.2, 0.25) is 0 Å². The highest BCUT2D eigenvalue weighted by atomic mass is 32.2. The van der Waals surface area contributed by atoms with Crippen LogP contribution < -0.4 is 10.6 Å². The van der Waals surface area contributed by atoms with Crippen LogP contribution in [0.4, 0.5) is 16.5 Å². The number of rotatable bonds is 6. The van der Waals surface area contributed by atoms with Crippen LogP contribution in [0.25, 0.3) is 0 Å². The summed E-state index contributed by atoms with van der Waals surface area (Å²) in [5, 5.41) is 15.1. The van der Waals surface area contributed by atoms with Crippen molar-refractivity contribution in [2.24, 2.45) is 0 Å². The Hall–Kier alpha value is -2.38. The lowest BCUT2D eigenvalue weighted by Crippen LogP contribution is -2.14. The van der Waals surface area contributed by atoms with E-state index >= 15 is 0 Å². The number of hydrogen-bond donors (Lipinski definition) is 2. The van der Waals surface area contributed by atoms with Gasteiger partial charge in [0.25, 0.3) is 0 Å². The molecule has 0 fully saturated rings. The molecule has 0 spiro atoms. The standard InChI is InChI=1S/C19H20N4OS2/c1-12-4-7-15(8-5-12)20-18-22-23-19(26-18)25-11-17(24)21-16-9-6-13(2)10-14(16)3/h4-10H,11H2,1-3H3,(H,20,22)(H,21,24). The molecule has 2 N–H and O–H groups in total. The minimum absolute atomic E-state index is 0.0507. The summed E-state index contributed by atoms with van der Waals surface area (Å²) in [4.78, 5) is 12.2. The molecular weight excluding hydrogens is 364 g/mol. The molecule has 0 bridgehead atoms. The Morgan fingerprint density at radius 1 is 1.04 bits per heavy atom. The molecule has 26 heavy (non-hydrogen) atoms. The van der Waals surface area contributed by atoms with Crippen LogP contribution in [0, 0.1) is 20.8 Å². The molecule has 0 unspecified atom stereocenters. The zero-order valence-electron chi connectivity index (χ0n) is 14.9. The number of benzene rings is 2. The van der Waals surface area contributed by atoms with Gasteiger partial charge in [-0.25, -0.2) is 0 Å². The minimum atomic E-state index is -0.0507. The van der Waals surface area contributed by atoms with Crippen molar-refractivity contribution >= 4 is 45.5 Å². The summed E-state index contributed by atoms with van der Waals surface area (Å²) >= 11 is 2.82. The largest absolute Gasteiger partial charge is 0.330 e. The molecule has 1 aromatic heterocycles. The number of carbonyl (C=O) groups excluding carboxylic acids is 1. The van der Waals surface area contributed by atoms with Crippen molar-refractivity contribution in [1.82, 2.24) is 10.2 Å². The lowest BCUT2D eigenvalue weighted by Gasteiger charge is -2.08. The maximum atomic E-state index is 12.2. The molecule has 1 amide bonds. The summed E-state index contributed by atoms with van der Waals surface area (Å²) in [7, 11) is 0. The third-order valence-corrected chi connectivity index (χ3v) is 5.66. The average Bonchev–Trinajstić information content (AvgIpc) is 3.05. The first kappa shape index (κ1) is 18.4. The molecule has 0 radical (unpaired) electrons. The van der Waals surface area contributed by atoms with Crippen molar-refractivity contribution in [1.29, 1.82) is 0 Å². The number of aryl methyl sites for hydroxylation is 3. The molecule has 0 saturated heterocycles. The van der Waals surface area contributed by atoms with Crippen molar-refractivity contribution in [2.45, 2.75) is 25.1 Å². The Morgan fingerprint density at radius 2 is 1.77 bits per heavy atom. The van der Waals surface area contributed by atoms with Crippen LogP contribution in [-0.2, 0) is 4.79 Å². The molecule has 2 aromatic carbocycles. The van der Waals surface area contributed by atoms with E-state index < -0.39 is 0 Å². The Kier molecular flexibility index (Phi) is 5.90. The topological polar surface area (TPSA) is 66.9 Å². The molecule has 5 nitrogen and oxygen atoms in total. The quantitative estimate of drug-likeness (QED) is 0.589. The number of aromatic nitrogens is 2. The monoisotopic (exact) mass is 384 g/mol. The molecule has 134 valence electrons. The molecule has 1 heterocycles. The first-order valence-corrected chi connectivity index (χ1v) is 9.97. The van der Waals surface area contributed by atoms with Crippen LogP contribution in [0.5, 0.6) is 0 Å². The van der Waals surface area contributed by atoms with E-state index in [4.69, 9.17) is 0 Å². The van der Waals surface area contributed by atoms with E-state index in [1.165, 1.54) is 34.2 Å². The molecule has 0 atom stereocenters. The third-order valence-electron chi connectivity index (χ3n) is 3.69. The zero-order chi connectivity index (χ0) is 18.5. The second-order valence-electron chi connectivity index (χ2n) is 6.02. The van der Waals surface area contributed by atoms with Crippen LogP contribution >= 0.6 is 23.1 Å². The molecule has 0 aliphatic rings. The molecule has 7 heteroatoms. The van der Waals surface area contributed by atoms with E-state index in [0.717, 1.165) is 21.3 Å². The fraction of sp³-hybridized carbons (Fsp3) is 0.211. The van der Waals surface area contributed by atoms with E-state index in [9.17, 15) is 4.79 Å². The minimum Gasteiger partial charge on any atom is -0.330 e. The van der Waals surface area contributed by atoms with E-state index in [2.05, 4.69) is 26.9 Å². The van der Waals surface area contributed by atoms with E-state index in [0.29, 0.717) is 10.9 Å². The number of hydrogen-bond acceptors (Lipinski definition) is 6. The van der Waals surface area contributed by atoms with Gasteiger partial charge in [0.1, 0.15) is 0 Å². The molecule has 0 aliphatic carbocycles. The average molecular weight is 385 g/mol. The summed E-state index contributed by atoms with van der Waals surface area (Å²) in [5.74, 6) is 0.247. The Balaban J connectivity index is 1.52. The fourth-order valence-corrected chi connectivity index (χ4v) is 3.92. The maximum absolute atomic E-state index is 12.2. The summed E-state index contributed by atoms with van der Waals surface area (Å²) < 4.78 is 0.760. The summed E-state index contributed by atoms with van der Waals surface area (Å²) in [5.41, 5.74) is 5.26. The lowest BCUT2D eigenvalue weighted by molar-refractivity contribution is -0.113. The number of thioether (sulfide) groups is 1. The number of nitrogens with one attached hydrogen (secondary N) is 2. The maximum Gasteiger partial charge on any atom is 0.234 e. The van der Waals surface area contributed by atoms with Crippen LogP contribution in [0.1, 0.15) is 16.7 Å². The highest BCUT2D eigenvalue weighted by Gasteiger charge is 2.10. The summed E-state index contributed by atoms with van der Waals surface area (Å²) in [6.07, 6.45) is 0. The number of carbonyl (C=O) groups is 1. The van der Waals surface area contributed by atoms with Crippen molar-refractivity contribution in [2.75, 3.05) is 16.4 Å². The summed E-state index contributed by atoms with van der Waals surface area (Å²) in [6, 6.07) is 14.1. The molecular formula is C19H20N4OS2. The van der Waals surface area contributed by atoms with Gasteiger partial charge in [-0.15, -0.1) is 10.2 Å². The zero-order valence-corrected chi connectivity index (χ0v) is 16.5. The van der Waals surface area contributed by atoms with Gasteiger partial charge in [-0.05, 0) is 44.5 Å². The van der Waals surface area contributed by atoms with Crippen molar-refractivity contribution < 1.29 is 4.79 Å². The van der Waals surface area contributed by atoms with Gasteiger partial charge >= 0.3 is 0 Å². The van der Waals surface area contributed by atoms with Crippen molar-refractivity contribution in [3.05, 3.63) is 59.2 Å². The van der Waals surface area contributed by atoms with Gasteiger partial charge < -0.3 is 10.6 Å². The second kappa shape index (κ2) is 8.33. The van der Waals surface area contributed by atoms with Crippen LogP contribution in [0.15, 0.2) is 46.8 Å². The first-order chi connectivity index (χ1) is 12.5. The first-order valence-electron chi connectivity index (χ1n) is 8.17. The second-order valence-corrected chi connectivity index (χ2v) is 8.22. The Labute approximate surface area is 161 Å². The SMILES string of the molecule is Cc1ccc(Nc2nnc(SCC(=O)Nc3ccc(C)cc3C)s2)cc1. The Morgan fingerprint density at radius 3 is 2.50 bits per heavy atom. The van der Waals surface area contributed by atoms with Crippen LogP contribution in [-0.4, -0.2) is 21.9 Å². The molecule has 0 aliphatic heterocycles. The predicted molar refractivity (Wildman–Crippen MR) is 110 cm³/mol. The van der Waals surface area contributed by atoms with E-state index in [1.54, 1.807) is 0 Å². The van der Waals surface area contributed by atoms with Gasteiger partial charge in [-0.1, -0.05) is 58.5 Å². The van der Waals surface area contributed by atoms with E-state index in [-0.39, 0.29) is 5.91 Å². The molecule has 0 saturated carbocycles. The number of nitrogens with zero attached hydrogens (tertiary/aromatic N) is 2. The Bertz CT molecular complexity index is 906. The van der Waals surface area contributed by atoms with Crippen LogP contribution in [0.3, 0.4) is 0 Å². The highest BCUT2D eigenvalue weighted by Crippen LogP contribution is 2.28.